The molecule has 0 aromatic heterocycles. The van der Waals surface area contributed by atoms with E-state index in [9.17, 15) is 0 Å². The van der Waals surface area contributed by atoms with Crippen LogP contribution in [0.25, 0.3) is 0 Å². The van der Waals surface area contributed by atoms with Gasteiger partial charge < -0.3 is 15.8 Å². The topological polar surface area (TPSA) is 71.1 Å². The molecule has 1 aromatic carbocycles. The molecule has 0 fully saturated rings. The van der Waals surface area contributed by atoms with Gasteiger partial charge in [-0.1, -0.05) is 6.07 Å². The maximum Gasteiger partial charge on any atom is 0.124 e. The van der Waals surface area contributed by atoms with E-state index in [0.29, 0.717) is 13.2 Å². The standard InChI is InChI=1S/C11H17N3O/c1-8-3-4-9(11(12)13)10(7-8)14-5-6-15-2/h3-4,7,14H,5-6H2,1-2H3,(H3,12,13). The highest BCUT2D eigenvalue weighted by Crippen LogP contribution is 2.16. The molecular weight excluding hydrogens is 190 g/mol. The summed E-state index contributed by atoms with van der Waals surface area (Å²) in [4.78, 5) is 0. The quantitative estimate of drug-likeness (QED) is 0.387. The van der Waals surface area contributed by atoms with Gasteiger partial charge in [0.25, 0.3) is 0 Å². The summed E-state index contributed by atoms with van der Waals surface area (Å²) in [5, 5.41) is 10.6. The minimum absolute atomic E-state index is 0.0786. The second-order valence-electron chi connectivity index (χ2n) is 3.38. The molecule has 0 aliphatic carbocycles. The molecule has 4 N–H and O–H groups in total. The van der Waals surface area contributed by atoms with Gasteiger partial charge in [-0.3, -0.25) is 5.41 Å². The maximum absolute atomic E-state index is 7.43. The SMILES string of the molecule is COCCNc1cc(C)ccc1C(=N)N. The van der Waals surface area contributed by atoms with Gasteiger partial charge in [-0.25, -0.2) is 0 Å². The number of amidine groups is 1. The van der Waals surface area contributed by atoms with Crippen molar-refractivity contribution in [1.29, 1.82) is 5.41 Å². The molecule has 0 bridgehead atoms. The molecule has 0 saturated carbocycles. The number of hydrogen-bond acceptors (Lipinski definition) is 3. The number of benzene rings is 1. The highest BCUT2D eigenvalue weighted by Gasteiger charge is 2.04. The number of ether oxygens (including phenoxy) is 1. The van der Waals surface area contributed by atoms with Crippen molar-refractivity contribution in [3.05, 3.63) is 29.3 Å². The van der Waals surface area contributed by atoms with Crippen LogP contribution in [-0.4, -0.2) is 26.1 Å². The van der Waals surface area contributed by atoms with Gasteiger partial charge >= 0.3 is 0 Å². The lowest BCUT2D eigenvalue weighted by Gasteiger charge is -2.11. The van der Waals surface area contributed by atoms with E-state index in [0.717, 1.165) is 16.8 Å². The number of aryl methyl sites for hydroxylation is 1. The first-order chi connectivity index (χ1) is 7.15. The summed E-state index contributed by atoms with van der Waals surface area (Å²) in [7, 11) is 1.66. The van der Waals surface area contributed by atoms with Gasteiger partial charge in [0.15, 0.2) is 0 Å². The molecule has 0 atom stereocenters. The number of methoxy groups -OCH3 is 1. The monoisotopic (exact) mass is 207 g/mol. The Bertz CT molecular complexity index is 350. The van der Waals surface area contributed by atoms with Crippen molar-refractivity contribution in [3.8, 4) is 0 Å². The third kappa shape index (κ3) is 3.25. The van der Waals surface area contributed by atoms with Gasteiger partial charge in [0.2, 0.25) is 0 Å². The van der Waals surface area contributed by atoms with E-state index < -0.39 is 0 Å². The van der Waals surface area contributed by atoms with Crippen LogP contribution in [0.4, 0.5) is 5.69 Å². The molecule has 0 amide bonds. The highest BCUT2D eigenvalue weighted by molar-refractivity contribution is 6.00. The summed E-state index contributed by atoms with van der Waals surface area (Å²) < 4.78 is 4.95. The second kappa shape index (κ2) is 5.36. The first-order valence-corrected chi connectivity index (χ1v) is 4.83. The predicted molar refractivity (Wildman–Crippen MR) is 62.6 cm³/mol. The van der Waals surface area contributed by atoms with Crippen LogP contribution in [0.3, 0.4) is 0 Å². The number of anilines is 1. The molecule has 15 heavy (non-hydrogen) atoms. The molecule has 0 heterocycles. The van der Waals surface area contributed by atoms with E-state index in [-0.39, 0.29) is 5.84 Å². The summed E-state index contributed by atoms with van der Waals surface area (Å²) in [5.74, 6) is 0.0786. The zero-order valence-corrected chi connectivity index (χ0v) is 9.13. The Balaban J connectivity index is 2.82. The normalized spacial score (nSPS) is 10.0. The van der Waals surface area contributed by atoms with E-state index in [1.165, 1.54) is 0 Å². The van der Waals surface area contributed by atoms with Crippen LogP contribution in [0.2, 0.25) is 0 Å². The third-order valence-corrected chi connectivity index (χ3v) is 2.09. The third-order valence-electron chi connectivity index (χ3n) is 2.09. The Morgan fingerprint density at radius 3 is 2.87 bits per heavy atom. The van der Waals surface area contributed by atoms with E-state index in [1.807, 2.05) is 25.1 Å². The predicted octanol–water partition coefficient (Wildman–Crippen LogP) is 1.34. The van der Waals surface area contributed by atoms with Crippen molar-refractivity contribution in [2.75, 3.05) is 25.6 Å². The fraction of sp³-hybridized carbons (Fsp3) is 0.364. The fourth-order valence-corrected chi connectivity index (χ4v) is 1.33. The largest absolute Gasteiger partial charge is 0.384 e. The number of nitrogens with one attached hydrogen (secondary N) is 2. The molecule has 1 aromatic rings. The minimum Gasteiger partial charge on any atom is -0.384 e. The summed E-state index contributed by atoms with van der Waals surface area (Å²) >= 11 is 0. The van der Waals surface area contributed by atoms with Gasteiger partial charge in [-0.05, 0) is 24.6 Å². The Labute approximate surface area is 89.9 Å². The molecule has 0 aliphatic rings. The van der Waals surface area contributed by atoms with Gasteiger partial charge in [0, 0.05) is 24.9 Å². The van der Waals surface area contributed by atoms with Crippen molar-refractivity contribution in [2.24, 2.45) is 5.73 Å². The molecule has 0 aliphatic heterocycles. The first kappa shape index (κ1) is 11.5. The van der Waals surface area contributed by atoms with Crippen LogP contribution < -0.4 is 11.1 Å². The summed E-state index contributed by atoms with van der Waals surface area (Å²) in [6, 6.07) is 5.78. The molecule has 4 heteroatoms. The summed E-state index contributed by atoms with van der Waals surface area (Å²) in [6.07, 6.45) is 0. The second-order valence-corrected chi connectivity index (χ2v) is 3.38. The zero-order chi connectivity index (χ0) is 11.3. The Morgan fingerprint density at radius 1 is 1.53 bits per heavy atom. The number of rotatable bonds is 5. The van der Waals surface area contributed by atoms with Crippen molar-refractivity contribution < 1.29 is 4.74 Å². The van der Waals surface area contributed by atoms with Crippen molar-refractivity contribution in [1.82, 2.24) is 0 Å². The van der Waals surface area contributed by atoms with Crippen LogP contribution in [0.15, 0.2) is 18.2 Å². The number of hydrogen-bond donors (Lipinski definition) is 3. The molecule has 4 nitrogen and oxygen atoms in total. The molecular formula is C11H17N3O. The minimum atomic E-state index is 0.0786. The van der Waals surface area contributed by atoms with Gasteiger partial charge in [-0.2, -0.15) is 0 Å². The van der Waals surface area contributed by atoms with Gasteiger partial charge in [0.05, 0.1) is 6.61 Å². The number of nitrogen functional groups attached to an aromatic ring is 1. The van der Waals surface area contributed by atoms with Crippen LogP contribution in [0.1, 0.15) is 11.1 Å². The van der Waals surface area contributed by atoms with E-state index >= 15 is 0 Å². The van der Waals surface area contributed by atoms with E-state index in [4.69, 9.17) is 15.9 Å². The molecule has 0 spiro atoms. The number of nitrogens with two attached hydrogens (primary N) is 1. The smallest absolute Gasteiger partial charge is 0.124 e. The first-order valence-electron chi connectivity index (χ1n) is 4.83. The van der Waals surface area contributed by atoms with Crippen LogP contribution >= 0.6 is 0 Å². The Kier molecular flexibility index (Phi) is 4.12. The van der Waals surface area contributed by atoms with Crippen LogP contribution in [0, 0.1) is 12.3 Å². The molecule has 0 unspecified atom stereocenters. The van der Waals surface area contributed by atoms with Crippen molar-refractivity contribution >= 4 is 11.5 Å². The Morgan fingerprint density at radius 2 is 2.27 bits per heavy atom. The lowest BCUT2D eigenvalue weighted by molar-refractivity contribution is 0.211. The van der Waals surface area contributed by atoms with Crippen LogP contribution in [0.5, 0.6) is 0 Å². The lowest BCUT2D eigenvalue weighted by Crippen LogP contribution is -2.16. The van der Waals surface area contributed by atoms with Crippen LogP contribution in [-0.2, 0) is 4.74 Å². The van der Waals surface area contributed by atoms with Crippen molar-refractivity contribution in [2.45, 2.75) is 6.92 Å². The summed E-state index contributed by atoms with van der Waals surface area (Å²) in [6.45, 7) is 3.34. The van der Waals surface area contributed by atoms with E-state index in [1.54, 1.807) is 7.11 Å². The van der Waals surface area contributed by atoms with Gasteiger partial charge in [0.1, 0.15) is 5.84 Å². The van der Waals surface area contributed by atoms with E-state index in [2.05, 4.69) is 5.32 Å². The Hall–Kier alpha value is -1.55. The average molecular weight is 207 g/mol. The highest BCUT2D eigenvalue weighted by atomic mass is 16.5. The molecule has 0 saturated heterocycles. The lowest BCUT2D eigenvalue weighted by atomic mass is 10.1. The fourth-order valence-electron chi connectivity index (χ4n) is 1.33. The molecule has 82 valence electrons. The average Bonchev–Trinajstić information content (AvgIpc) is 2.18. The summed E-state index contributed by atoms with van der Waals surface area (Å²) in [5.41, 5.74) is 8.24. The van der Waals surface area contributed by atoms with Gasteiger partial charge in [-0.15, -0.1) is 0 Å². The zero-order valence-electron chi connectivity index (χ0n) is 9.13. The maximum atomic E-state index is 7.43. The van der Waals surface area contributed by atoms with Crippen molar-refractivity contribution in [3.63, 3.8) is 0 Å². The molecule has 1 rings (SSSR count). The molecule has 0 radical (unpaired) electrons.